The van der Waals surface area contributed by atoms with E-state index in [0.29, 0.717) is 23.3 Å². The van der Waals surface area contributed by atoms with E-state index in [4.69, 9.17) is 9.47 Å². The Bertz CT molecular complexity index is 935. The van der Waals surface area contributed by atoms with Gasteiger partial charge in [0.25, 0.3) is 5.56 Å². The number of nitrogens with zero attached hydrogens (tertiary/aromatic N) is 2. The first kappa shape index (κ1) is 16.9. The number of aromatic nitrogens is 2. The Kier molecular flexibility index (Phi) is 5.20. The lowest BCUT2D eigenvalue weighted by atomic mass is 10.2. The molecule has 0 saturated carbocycles. The molecule has 0 spiro atoms. The molecule has 0 aliphatic heterocycles. The smallest absolute Gasteiger partial charge is 0.326 e. The second-order valence-corrected chi connectivity index (χ2v) is 5.42. The van der Waals surface area contributed by atoms with E-state index in [-0.39, 0.29) is 18.7 Å². The lowest BCUT2D eigenvalue weighted by Gasteiger charge is -2.13. The second kappa shape index (κ2) is 7.72. The number of benzene rings is 2. The third-order valence-electron chi connectivity index (χ3n) is 3.73. The average Bonchev–Trinajstić information content (AvgIpc) is 2.65. The van der Waals surface area contributed by atoms with Crippen LogP contribution in [0.25, 0.3) is 22.3 Å². The van der Waals surface area contributed by atoms with E-state index in [9.17, 15) is 9.59 Å². The van der Waals surface area contributed by atoms with E-state index < -0.39 is 5.97 Å². The van der Waals surface area contributed by atoms with Gasteiger partial charge < -0.3 is 9.47 Å². The third kappa shape index (κ3) is 3.75. The Balaban J connectivity index is 2.06. The van der Waals surface area contributed by atoms with E-state index in [1.165, 1.54) is 11.7 Å². The zero-order valence-electron chi connectivity index (χ0n) is 13.8. The SMILES string of the molecule is COCCOC(=O)Cn1c(-c2ccccc2)nc2ccccc2c1=O. The van der Waals surface area contributed by atoms with Gasteiger partial charge in [-0.05, 0) is 12.1 Å². The fourth-order valence-electron chi connectivity index (χ4n) is 2.54. The maximum absolute atomic E-state index is 12.9. The van der Waals surface area contributed by atoms with Crippen LogP contribution in [0.4, 0.5) is 0 Å². The van der Waals surface area contributed by atoms with Crippen LogP contribution in [-0.4, -0.2) is 35.8 Å². The van der Waals surface area contributed by atoms with Crippen LogP contribution in [0.1, 0.15) is 0 Å². The summed E-state index contributed by atoms with van der Waals surface area (Å²) in [6.07, 6.45) is 0. The number of hydrogen-bond acceptors (Lipinski definition) is 5. The van der Waals surface area contributed by atoms with Gasteiger partial charge in [0.15, 0.2) is 0 Å². The molecule has 0 bridgehead atoms. The Morgan fingerprint density at radius 2 is 1.76 bits per heavy atom. The normalized spacial score (nSPS) is 10.8. The molecule has 0 amide bonds. The van der Waals surface area contributed by atoms with Crippen molar-refractivity contribution in [2.75, 3.05) is 20.3 Å². The number of carbonyl (C=O) groups is 1. The summed E-state index contributed by atoms with van der Waals surface area (Å²) in [5, 5.41) is 0.465. The molecule has 1 aromatic heterocycles. The average molecular weight is 338 g/mol. The molecule has 0 aliphatic carbocycles. The molecule has 0 atom stereocenters. The number of fused-ring (bicyclic) bond motifs is 1. The highest BCUT2D eigenvalue weighted by molar-refractivity contribution is 5.80. The molecule has 25 heavy (non-hydrogen) atoms. The van der Waals surface area contributed by atoms with E-state index in [1.54, 1.807) is 18.2 Å². The third-order valence-corrected chi connectivity index (χ3v) is 3.73. The maximum atomic E-state index is 12.9. The van der Waals surface area contributed by atoms with Gasteiger partial charge in [-0.15, -0.1) is 0 Å². The number of methoxy groups -OCH3 is 1. The molecule has 6 nitrogen and oxygen atoms in total. The molecule has 0 N–H and O–H groups in total. The minimum atomic E-state index is -0.506. The molecule has 3 aromatic rings. The first-order valence-electron chi connectivity index (χ1n) is 7.90. The first-order valence-corrected chi connectivity index (χ1v) is 7.90. The summed E-state index contributed by atoms with van der Waals surface area (Å²) in [7, 11) is 1.53. The Morgan fingerprint density at radius 1 is 1.04 bits per heavy atom. The molecule has 6 heteroatoms. The van der Waals surface area contributed by atoms with Gasteiger partial charge >= 0.3 is 5.97 Å². The molecule has 128 valence electrons. The second-order valence-electron chi connectivity index (χ2n) is 5.42. The lowest BCUT2D eigenvalue weighted by Crippen LogP contribution is -2.28. The highest BCUT2D eigenvalue weighted by Crippen LogP contribution is 2.18. The molecular formula is C19H18N2O4. The standard InChI is InChI=1S/C19H18N2O4/c1-24-11-12-25-17(22)13-21-18(14-7-3-2-4-8-14)20-16-10-6-5-9-15(16)19(21)23/h2-10H,11-13H2,1H3. The van der Waals surface area contributed by atoms with Crippen molar-refractivity contribution in [1.29, 1.82) is 0 Å². The topological polar surface area (TPSA) is 70.4 Å². The van der Waals surface area contributed by atoms with Crippen molar-refractivity contribution in [1.82, 2.24) is 9.55 Å². The van der Waals surface area contributed by atoms with Crippen LogP contribution in [0.2, 0.25) is 0 Å². The zero-order valence-corrected chi connectivity index (χ0v) is 13.8. The van der Waals surface area contributed by atoms with E-state index in [0.717, 1.165) is 5.56 Å². The number of rotatable bonds is 6. The summed E-state index contributed by atoms with van der Waals surface area (Å²) in [5.41, 5.74) is 1.08. The van der Waals surface area contributed by atoms with E-state index in [2.05, 4.69) is 4.98 Å². The van der Waals surface area contributed by atoms with Crippen molar-refractivity contribution in [2.24, 2.45) is 0 Å². The minimum Gasteiger partial charge on any atom is -0.462 e. The van der Waals surface area contributed by atoms with Crippen molar-refractivity contribution in [3.05, 3.63) is 65.0 Å². The van der Waals surface area contributed by atoms with Crippen LogP contribution in [0.3, 0.4) is 0 Å². The van der Waals surface area contributed by atoms with Gasteiger partial charge in [0.1, 0.15) is 19.0 Å². The summed E-state index contributed by atoms with van der Waals surface area (Å²) in [5.74, 6) is -0.0681. The molecule has 3 rings (SSSR count). The largest absolute Gasteiger partial charge is 0.462 e. The van der Waals surface area contributed by atoms with E-state index >= 15 is 0 Å². The number of carbonyl (C=O) groups excluding carboxylic acids is 1. The molecule has 0 radical (unpaired) electrons. The van der Waals surface area contributed by atoms with Crippen molar-refractivity contribution in [3.63, 3.8) is 0 Å². The Labute approximate surface area is 144 Å². The number of ether oxygens (including phenoxy) is 2. The molecular weight excluding hydrogens is 320 g/mol. The highest BCUT2D eigenvalue weighted by atomic mass is 16.6. The monoisotopic (exact) mass is 338 g/mol. The van der Waals surface area contributed by atoms with Gasteiger partial charge in [0.2, 0.25) is 0 Å². The zero-order chi connectivity index (χ0) is 17.6. The summed E-state index contributed by atoms with van der Waals surface area (Å²) in [4.78, 5) is 29.6. The van der Waals surface area contributed by atoms with Gasteiger partial charge in [0.05, 0.1) is 17.5 Å². The van der Waals surface area contributed by atoms with Crippen LogP contribution >= 0.6 is 0 Å². The highest BCUT2D eigenvalue weighted by Gasteiger charge is 2.15. The van der Waals surface area contributed by atoms with Gasteiger partial charge in [-0.2, -0.15) is 0 Å². The van der Waals surface area contributed by atoms with Gasteiger partial charge in [-0.25, -0.2) is 4.98 Å². The van der Waals surface area contributed by atoms with E-state index in [1.807, 2.05) is 36.4 Å². The fraction of sp³-hybridized carbons (Fsp3) is 0.211. The Morgan fingerprint density at radius 3 is 2.52 bits per heavy atom. The first-order chi connectivity index (χ1) is 12.2. The van der Waals surface area contributed by atoms with Crippen LogP contribution in [0.15, 0.2) is 59.4 Å². The van der Waals surface area contributed by atoms with Gasteiger partial charge in [-0.3, -0.25) is 14.2 Å². The van der Waals surface area contributed by atoms with Crippen molar-refractivity contribution >= 4 is 16.9 Å². The molecule has 2 aromatic carbocycles. The van der Waals surface area contributed by atoms with Crippen LogP contribution in [0.5, 0.6) is 0 Å². The maximum Gasteiger partial charge on any atom is 0.326 e. The fourth-order valence-corrected chi connectivity index (χ4v) is 2.54. The summed E-state index contributed by atoms with van der Waals surface area (Å²) in [6.45, 7) is 0.249. The van der Waals surface area contributed by atoms with Crippen molar-refractivity contribution in [2.45, 2.75) is 6.54 Å². The van der Waals surface area contributed by atoms with Gasteiger partial charge in [0, 0.05) is 12.7 Å². The van der Waals surface area contributed by atoms with Gasteiger partial charge in [-0.1, -0.05) is 42.5 Å². The van der Waals surface area contributed by atoms with Crippen LogP contribution in [0, 0.1) is 0 Å². The lowest BCUT2D eigenvalue weighted by molar-refractivity contribution is -0.145. The molecule has 0 saturated heterocycles. The minimum absolute atomic E-state index is 0.145. The summed E-state index contributed by atoms with van der Waals surface area (Å²) in [6, 6.07) is 16.4. The number of esters is 1. The van der Waals surface area contributed by atoms with Crippen molar-refractivity contribution < 1.29 is 14.3 Å². The predicted octanol–water partition coefficient (Wildman–Crippen LogP) is 2.25. The summed E-state index contributed by atoms with van der Waals surface area (Å²) >= 11 is 0. The van der Waals surface area contributed by atoms with Crippen molar-refractivity contribution in [3.8, 4) is 11.4 Å². The number of hydrogen-bond donors (Lipinski definition) is 0. The summed E-state index contributed by atoms with van der Waals surface area (Å²) < 4.78 is 11.3. The molecule has 1 heterocycles. The molecule has 0 fully saturated rings. The molecule has 0 unspecified atom stereocenters. The predicted molar refractivity (Wildman–Crippen MR) is 94.3 cm³/mol. The van der Waals surface area contributed by atoms with Crippen LogP contribution < -0.4 is 5.56 Å². The Hall–Kier alpha value is -2.99. The quantitative estimate of drug-likeness (QED) is 0.509. The van der Waals surface area contributed by atoms with Crippen LogP contribution in [-0.2, 0) is 20.8 Å². The molecule has 0 aliphatic rings. The number of para-hydroxylation sites is 1.